The van der Waals surface area contributed by atoms with Crippen molar-refractivity contribution >= 4 is 55.5 Å². The summed E-state index contributed by atoms with van der Waals surface area (Å²) in [7, 11) is -3.50. The fraction of sp³-hybridized carbons (Fsp3) is 0.500. The quantitative estimate of drug-likeness (QED) is 0.833. The Morgan fingerprint density at radius 3 is 2.54 bits per heavy atom. The molecule has 1 fully saturated rings. The molecule has 3 rings (SSSR count). The number of aryl methyl sites for hydroxylation is 1. The first-order chi connectivity index (χ1) is 10.8. The zero-order valence-corrected chi connectivity index (χ0v) is 16.9. The van der Waals surface area contributed by atoms with Gasteiger partial charge in [-0.05, 0) is 50.8 Å². The predicted octanol–water partition coefficient (Wildman–Crippen LogP) is 4.03. The topological polar surface area (TPSA) is 63.4 Å². The van der Waals surface area contributed by atoms with E-state index >= 15 is 0 Å². The number of hydrogen-bond donors (Lipinski definition) is 1. The zero-order chi connectivity index (χ0) is 16.8. The van der Waals surface area contributed by atoms with Crippen LogP contribution in [0.25, 0.3) is 10.1 Å². The highest BCUT2D eigenvalue weighted by atomic mass is 35.5. The molecule has 1 aromatic carbocycles. The summed E-state index contributed by atoms with van der Waals surface area (Å²) in [6.07, 6.45) is 1.64. The standard InChI is InChI=1S/C16H21ClN2O2S2.ClH/c1-10(18)12-5-7-19(8-6-12)23(20,21)16-11(2)22-15-4-3-13(17)9-14(15)16;/h3-4,9-10,12H,5-8,18H2,1-2H3;1H. The van der Waals surface area contributed by atoms with Gasteiger partial charge in [-0.1, -0.05) is 11.6 Å². The van der Waals surface area contributed by atoms with Crippen LogP contribution in [0.2, 0.25) is 5.02 Å². The van der Waals surface area contributed by atoms with E-state index in [1.54, 1.807) is 16.4 Å². The molecule has 0 bridgehead atoms. The molecule has 1 aliphatic heterocycles. The Hall–Kier alpha value is -0.370. The highest BCUT2D eigenvalue weighted by molar-refractivity contribution is 7.89. The van der Waals surface area contributed by atoms with Gasteiger partial charge < -0.3 is 5.73 Å². The van der Waals surface area contributed by atoms with Crippen molar-refractivity contribution in [3.05, 3.63) is 28.1 Å². The SMILES string of the molecule is Cc1sc2ccc(Cl)cc2c1S(=O)(=O)N1CCC(C(C)N)CC1.Cl. The molecule has 0 spiro atoms. The second-order valence-corrected chi connectivity index (χ2v) is 9.80. The van der Waals surface area contributed by atoms with Gasteiger partial charge in [0.2, 0.25) is 10.0 Å². The van der Waals surface area contributed by atoms with E-state index in [1.807, 2.05) is 19.9 Å². The predicted molar refractivity (Wildman–Crippen MR) is 104 cm³/mol. The Balaban J connectivity index is 0.00000208. The summed E-state index contributed by atoms with van der Waals surface area (Å²) in [5.41, 5.74) is 5.95. The molecular formula is C16H22Cl2N2O2S2. The number of halogens is 2. The number of sulfonamides is 1. The van der Waals surface area contributed by atoms with E-state index in [0.29, 0.717) is 28.9 Å². The van der Waals surface area contributed by atoms with Gasteiger partial charge in [-0.25, -0.2) is 8.42 Å². The molecule has 0 saturated carbocycles. The molecule has 2 aromatic rings. The largest absolute Gasteiger partial charge is 0.328 e. The average Bonchev–Trinajstić information content (AvgIpc) is 2.83. The molecule has 134 valence electrons. The first kappa shape index (κ1) is 19.9. The first-order valence-corrected chi connectivity index (χ1v) is 10.4. The van der Waals surface area contributed by atoms with E-state index in [1.165, 1.54) is 11.3 Å². The van der Waals surface area contributed by atoms with Gasteiger partial charge in [0, 0.05) is 39.1 Å². The van der Waals surface area contributed by atoms with Crippen molar-refractivity contribution in [1.82, 2.24) is 4.31 Å². The fourth-order valence-electron chi connectivity index (χ4n) is 3.26. The molecule has 1 saturated heterocycles. The molecule has 1 unspecified atom stereocenters. The molecule has 0 amide bonds. The number of piperidine rings is 1. The summed E-state index contributed by atoms with van der Waals surface area (Å²) in [5, 5.41) is 1.29. The maximum Gasteiger partial charge on any atom is 0.244 e. The lowest BCUT2D eigenvalue weighted by molar-refractivity contribution is 0.251. The van der Waals surface area contributed by atoms with Crippen LogP contribution in [0.4, 0.5) is 0 Å². The summed E-state index contributed by atoms with van der Waals surface area (Å²) < 4.78 is 28.8. The van der Waals surface area contributed by atoms with Crippen molar-refractivity contribution in [1.29, 1.82) is 0 Å². The number of fused-ring (bicyclic) bond motifs is 1. The number of thiophene rings is 1. The normalized spacial score (nSPS) is 18.5. The van der Waals surface area contributed by atoms with Crippen molar-refractivity contribution in [2.24, 2.45) is 11.7 Å². The number of nitrogens with two attached hydrogens (primary N) is 1. The van der Waals surface area contributed by atoms with Gasteiger partial charge in [0.1, 0.15) is 4.90 Å². The Morgan fingerprint density at radius 2 is 1.96 bits per heavy atom. The Bertz CT molecular complexity index is 826. The maximum atomic E-state index is 13.1. The van der Waals surface area contributed by atoms with Crippen LogP contribution in [0.15, 0.2) is 23.1 Å². The van der Waals surface area contributed by atoms with Crippen LogP contribution in [0.5, 0.6) is 0 Å². The molecule has 2 heterocycles. The average molecular weight is 409 g/mol. The highest BCUT2D eigenvalue weighted by Gasteiger charge is 2.33. The lowest BCUT2D eigenvalue weighted by Gasteiger charge is -2.33. The summed E-state index contributed by atoms with van der Waals surface area (Å²) in [4.78, 5) is 1.23. The highest BCUT2D eigenvalue weighted by Crippen LogP contribution is 2.38. The van der Waals surface area contributed by atoms with Gasteiger partial charge in [0.25, 0.3) is 0 Å². The maximum absolute atomic E-state index is 13.1. The van der Waals surface area contributed by atoms with E-state index in [-0.39, 0.29) is 18.4 Å². The van der Waals surface area contributed by atoms with Crippen LogP contribution in [0, 0.1) is 12.8 Å². The Kier molecular flexibility index (Phi) is 6.21. The van der Waals surface area contributed by atoms with Gasteiger partial charge in [-0.15, -0.1) is 23.7 Å². The number of benzene rings is 1. The van der Waals surface area contributed by atoms with Crippen LogP contribution < -0.4 is 5.73 Å². The summed E-state index contributed by atoms with van der Waals surface area (Å²) in [5.74, 6) is 0.399. The van der Waals surface area contributed by atoms with Crippen molar-refractivity contribution in [2.75, 3.05) is 13.1 Å². The van der Waals surface area contributed by atoms with Crippen LogP contribution in [0.3, 0.4) is 0 Å². The monoisotopic (exact) mass is 408 g/mol. The second kappa shape index (κ2) is 7.48. The van der Waals surface area contributed by atoms with E-state index < -0.39 is 10.0 Å². The minimum absolute atomic E-state index is 0. The van der Waals surface area contributed by atoms with Crippen LogP contribution in [-0.2, 0) is 10.0 Å². The van der Waals surface area contributed by atoms with E-state index in [2.05, 4.69) is 0 Å². The van der Waals surface area contributed by atoms with Crippen molar-refractivity contribution in [3.63, 3.8) is 0 Å². The third-order valence-corrected chi connectivity index (χ3v) is 8.15. The summed E-state index contributed by atoms with van der Waals surface area (Å²) in [6.45, 7) is 4.92. The minimum atomic E-state index is -3.50. The Morgan fingerprint density at radius 1 is 1.33 bits per heavy atom. The van der Waals surface area contributed by atoms with E-state index in [9.17, 15) is 8.42 Å². The van der Waals surface area contributed by atoms with Crippen LogP contribution >= 0.6 is 35.3 Å². The summed E-state index contributed by atoms with van der Waals surface area (Å²) >= 11 is 7.57. The smallest absolute Gasteiger partial charge is 0.244 e. The first-order valence-electron chi connectivity index (χ1n) is 7.75. The van der Waals surface area contributed by atoms with Gasteiger partial charge in [-0.3, -0.25) is 0 Å². The number of hydrogen-bond acceptors (Lipinski definition) is 4. The molecule has 1 atom stereocenters. The lowest BCUT2D eigenvalue weighted by atomic mass is 9.92. The number of rotatable bonds is 3. The van der Waals surface area contributed by atoms with Crippen molar-refractivity contribution < 1.29 is 8.42 Å². The lowest BCUT2D eigenvalue weighted by Crippen LogP contribution is -2.42. The number of nitrogens with zero attached hydrogens (tertiary/aromatic N) is 1. The van der Waals surface area contributed by atoms with E-state index in [0.717, 1.165) is 27.8 Å². The molecule has 0 aliphatic carbocycles. The molecular weight excluding hydrogens is 387 g/mol. The molecule has 24 heavy (non-hydrogen) atoms. The fourth-order valence-corrected chi connectivity index (χ4v) is 6.64. The molecule has 1 aliphatic rings. The molecule has 1 aromatic heterocycles. The van der Waals surface area contributed by atoms with Gasteiger partial charge in [-0.2, -0.15) is 4.31 Å². The van der Waals surface area contributed by atoms with Crippen LogP contribution in [0.1, 0.15) is 24.6 Å². The summed E-state index contributed by atoms with van der Waals surface area (Å²) in [6, 6.07) is 5.55. The molecule has 4 nitrogen and oxygen atoms in total. The molecule has 8 heteroatoms. The minimum Gasteiger partial charge on any atom is -0.328 e. The zero-order valence-electron chi connectivity index (χ0n) is 13.7. The molecule has 0 radical (unpaired) electrons. The van der Waals surface area contributed by atoms with E-state index in [4.69, 9.17) is 17.3 Å². The van der Waals surface area contributed by atoms with Gasteiger partial charge in [0.05, 0.1) is 0 Å². The second-order valence-electron chi connectivity index (χ2n) is 6.23. The third-order valence-electron chi connectivity index (χ3n) is 4.61. The van der Waals surface area contributed by atoms with Gasteiger partial charge in [0.15, 0.2) is 0 Å². The third kappa shape index (κ3) is 3.59. The Labute approximate surface area is 158 Å². The van der Waals surface area contributed by atoms with Crippen molar-refractivity contribution in [3.8, 4) is 0 Å². The van der Waals surface area contributed by atoms with Crippen LogP contribution in [-0.4, -0.2) is 31.9 Å². The molecule has 2 N–H and O–H groups in total. The van der Waals surface area contributed by atoms with Crippen molar-refractivity contribution in [2.45, 2.75) is 37.6 Å². The van der Waals surface area contributed by atoms with Gasteiger partial charge >= 0.3 is 0 Å².